The van der Waals surface area contributed by atoms with Crippen LogP contribution in [0.3, 0.4) is 0 Å². The van der Waals surface area contributed by atoms with Gasteiger partial charge in [0.15, 0.2) is 5.11 Å². The van der Waals surface area contributed by atoms with Gasteiger partial charge in [0.25, 0.3) is 0 Å². The summed E-state index contributed by atoms with van der Waals surface area (Å²) >= 11 is 5.92. The fourth-order valence-corrected chi connectivity index (χ4v) is 5.98. The molecule has 2 aliphatic rings. The summed E-state index contributed by atoms with van der Waals surface area (Å²) in [6.07, 6.45) is 8.73. The minimum absolute atomic E-state index is 0.216. The monoisotopic (exact) mass is 538 g/mol. The molecule has 0 spiro atoms. The van der Waals surface area contributed by atoms with E-state index in [4.69, 9.17) is 21.7 Å². The summed E-state index contributed by atoms with van der Waals surface area (Å²) in [5.74, 6) is 0.484. The van der Waals surface area contributed by atoms with E-state index < -0.39 is 0 Å². The molecular weight excluding hydrogens is 508 g/mol. The van der Waals surface area contributed by atoms with Crippen molar-refractivity contribution in [3.63, 3.8) is 0 Å². The van der Waals surface area contributed by atoms with Crippen LogP contribution in [0.4, 0.5) is 5.69 Å². The van der Waals surface area contributed by atoms with Gasteiger partial charge in [0.05, 0.1) is 36.2 Å². The predicted octanol–water partition coefficient (Wildman–Crippen LogP) is 6.16. The van der Waals surface area contributed by atoms with Crippen LogP contribution in [0.2, 0.25) is 0 Å². The van der Waals surface area contributed by atoms with Gasteiger partial charge < -0.3 is 24.3 Å². The second kappa shape index (κ2) is 10.9. The van der Waals surface area contributed by atoms with Crippen LogP contribution in [-0.4, -0.2) is 33.8 Å². The SMILES string of the molecule is COC(=O)c1ccccc1-n1cccc1[C@@H]1[C@@H](c2ccccn2)NC(=S)N1c1ccc(OC2CCCC2)cc1. The van der Waals surface area contributed by atoms with Crippen LogP contribution in [0.25, 0.3) is 5.69 Å². The molecule has 0 unspecified atom stereocenters. The van der Waals surface area contributed by atoms with Gasteiger partial charge in [-0.05, 0) is 98.6 Å². The first-order valence-electron chi connectivity index (χ1n) is 13.3. The number of thiocarbonyl (C=S) groups is 1. The van der Waals surface area contributed by atoms with E-state index in [1.807, 2.05) is 65.4 Å². The molecule has 0 amide bonds. The molecule has 2 atom stereocenters. The Morgan fingerprint density at radius 1 is 0.974 bits per heavy atom. The molecule has 0 bridgehead atoms. The molecule has 1 saturated carbocycles. The highest BCUT2D eigenvalue weighted by Gasteiger charge is 2.42. The van der Waals surface area contributed by atoms with E-state index in [2.05, 4.69) is 33.4 Å². The maximum Gasteiger partial charge on any atom is 0.339 e. The van der Waals surface area contributed by atoms with Crippen molar-refractivity contribution < 1.29 is 14.3 Å². The van der Waals surface area contributed by atoms with E-state index in [0.29, 0.717) is 16.8 Å². The number of pyridine rings is 1. The van der Waals surface area contributed by atoms with E-state index in [1.54, 1.807) is 12.3 Å². The molecule has 39 heavy (non-hydrogen) atoms. The minimum atomic E-state index is -0.388. The molecular formula is C31H30N4O3S. The van der Waals surface area contributed by atoms with Crippen molar-refractivity contribution in [3.05, 3.63) is 108 Å². The zero-order valence-electron chi connectivity index (χ0n) is 21.7. The molecule has 4 aromatic rings. The molecule has 1 saturated heterocycles. The second-order valence-electron chi connectivity index (χ2n) is 9.83. The fourth-order valence-electron chi connectivity index (χ4n) is 5.64. The van der Waals surface area contributed by atoms with Gasteiger partial charge >= 0.3 is 5.97 Å². The number of rotatable bonds is 7. The standard InChI is InChI=1S/C31H30N4O3S/c1-37-30(36)24-11-4-5-13-26(24)34-20-8-14-27(34)29-28(25-12-6-7-19-32-25)33-31(39)35(29)21-15-17-23(18-16-21)38-22-9-2-3-10-22/h4-8,11-20,22,28-29H,2-3,9-10H2,1H3,(H,33,39)/t28-,29-/m1/s1. The van der Waals surface area contributed by atoms with Crippen molar-refractivity contribution in [1.82, 2.24) is 14.9 Å². The highest BCUT2D eigenvalue weighted by atomic mass is 32.1. The van der Waals surface area contributed by atoms with E-state index in [0.717, 1.165) is 41.4 Å². The Morgan fingerprint density at radius 3 is 2.49 bits per heavy atom. The molecule has 198 valence electrons. The first-order chi connectivity index (χ1) is 19.1. The van der Waals surface area contributed by atoms with E-state index in [1.165, 1.54) is 20.0 Å². The number of para-hydroxylation sites is 1. The van der Waals surface area contributed by atoms with Crippen molar-refractivity contribution in [2.24, 2.45) is 0 Å². The predicted molar refractivity (Wildman–Crippen MR) is 154 cm³/mol. The fraction of sp³-hybridized carbons (Fsp3) is 0.258. The number of nitrogens with one attached hydrogen (secondary N) is 1. The van der Waals surface area contributed by atoms with Crippen LogP contribution in [0, 0.1) is 0 Å². The number of esters is 1. The molecule has 2 fully saturated rings. The molecule has 3 heterocycles. The Bertz CT molecular complexity index is 1460. The summed E-state index contributed by atoms with van der Waals surface area (Å²) in [4.78, 5) is 19.4. The lowest BCUT2D eigenvalue weighted by Gasteiger charge is -2.29. The summed E-state index contributed by atoms with van der Waals surface area (Å²) < 4.78 is 13.3. The quantitative estimate of drug-likeness (QED) is 0.223. The van der Waals surface area contributed by atoms with Crippen LogP contribution in [0.1, 0.15) is 59.5 Å². The molecule has 8 heteroatoms. The van der Waals surface area contributed by atoms with Crippen molar-refractivity contribution in [1.29, 1.82) is 0 Å². The highest BCUT2D eigenvalue weighted by molar-refractivity contribution is 7.80. The first-order valence-corrected chi connectivity index (χ1v) is 13.7. The summed E-state index contributed by atoms with van der Waals surface area (Å²) in [5.41, 5.74) is 4.01. The number of anilines is 1. The zero-order valence-corrected chi connectivity index (χ0v) is 22.5. The smallest absolute Gasteiger partial charge is 0.339 e. The summed E-state index contributed by atoms with van der Waals surface area (Å²) in [6.45, 7) is 0. The Morgan fingerprint density at radius 2 is 1.74 bits per heavy atom. The molecule has 1 aliphatic carbocycles. The Kier molecular flexibility index (Phi) is 7.02. The minimum Gasteiger partial charge on any atom is -0.490 e. The van der Waals surface area contributed by atoms with Gasteiger partial charge in [-0.2, -0.15) is 0 Å². The van der Waals surface area contributed by atoms with Gasteiger partial charge in [-0.25, -0.2) is 4.79 Å². The van der Waals surface area contributed by atoms with Crippen molar-refractivity contribution in [2.45, 2.75) is 43.9 Å². The first kappa shape index (κ1) is 25.1. The molecule has 6 rings (SSSR count). The van der Waals surface area contributed by atoms with E-state index >= 15 is 0 Å². The lowest BCUT2D eigenvalue weighted by atomic mass is 10.0. The third-order valence-electron chi connectivity index (χ3n) is 7.47. The number of hydrogen-bond acceptors (Lipinski definition) is 5. The van der Waals surface area contributed by atoms with Crippen molar-refractivity contribution in [2.75, 3.05) is 12.0 Å². The van der Waals surface area contributed by atoms with Crippen LogP contribution >= 0.6 is 12.2 Å². The van der Waals surface area contributed by atoms with E-state index in [-0.39, 0.29) is 18.1 Å². The Labute approximate surface area is 233 Å². The normalized spacial score (nSPS) is 19.2. The number of nitrogens with zero attached hydrogens (tertiary/aromatic N) is 3. The van der Waals surface area contributed by atoms with E-state index in [9.17, 15) is 4.79 Å². The third-order valence-corrected chi connectivity index (χ3v) is 7.78. The average molecular weight is 539 g/mol. The number of carbonyl (C=O) groups excluding carboxylic acids is 1. The van der Waals surface area contributed by atoms with Crippen LogP contribution in [0.5, 0.6) is 5.75 Å². The number of ether oxygens (including phenoxy) is 2. The maximum atomic E-state index is 12.6. The van der Waals surface area contributed by atoms with Gasteiger partial charge in [0.1, 0.15) is 11.8 Å². The second-order valence-corrected chi connectivity index (χ2v) is 10.2. The molecule has 2 aromatic heterocycles. The summed E-state index contributed by atoms with van der Waals surface area (Å²) in [7, 11) is 1.40. The summed E-state index contributed by atoms with van der Waals surface area (Å²) in [6, 6.07) is 25.1. The zero-order chi connectivity index (χ0) is 26.8. The number of hydrogen-bond donors (Lipinski definition) is 1. The van der Waals surface area contributed by atoms with Crippen molar-refractivity contribution >= 4 is 29.0 Å². The Hall–Kier alpha value is -4.17. The molecule has 1 aliphatic heterocycles. The van der Waals surface area contributed by atoms with Gasteiger partial charge in [0, 0.05) is 23.8 Å². The van der Waals surface area contributed by atoms with Crippen LogP contribution in [-0.2, 0) is 4.74 Å². The highest BCUT2D eigenvalue weighted by Crippen LogP contribution is 2.43. The Balaban J connectivity index is 1.42. The van der Waals surface area contributed by atoms with Gasteiger partial charge in [0.2, 0.25) is 0 Å². The molecule has 7 nitrogen and oxygen atoms in total. The van der Waals surface area contributed by atoms with Gasteiger partial charge in [-0.3, -0.25) is 4.98 Å². The molecule has 1 N–H and O–H groups in total. The van der Waals surface area contributed by atoms with Crippen molar-refractivity contribution in [3.8, 4) is 11.4 Å². The third kappa shape index (κ3) is 4.88. The van der Waals surface area contributed by atoms with Crippen LogP contribution in [0.15, 0.2) is 91.3 Å². The molecule has 2 aromatic carbocycles. The number of methoxy groups -OCH3 is 1. The average Bonchev–Trinajstić information content (AvgIpc) is 3.74. The maximum absolute atomic E-state index is 12.6. The number of benzene rings is 2. The lowest BCUT2D eigenvalue weighted by Crippen LogP contribution is -2.30. The van der Waals surface area contributed by atoms with Gasteiger partial charge in [-0.1, -0.05) is 18.2 Å². The largest absolute Gasteiger partial charge is 0.490 e. The lowest BCUT2D eigenvalue weighted by molar-refractivity contribution is 0.0600. The number of aromatic nitrogens is 2. The topological polar surface area (TPSA) is 68.6 Å². The molecule has 0 radical (unpaired) electrons. The number of carbonyl (C=O) groups is 1. The summed E-state index contributed by atoms with van der Waals surface area (Å²) in [5, 5.41) is 4.12. The van der Waals surface area contributed by atoms with Gasteiger partial charge in [-0.15, -0.1) is 0 Å². The van der Waals surface area contributed by atoms with Crippen LogP contribution < -0.4 is 15.0 Å².